The molecule has 0 aliphatic carbocycles. The quantitative estimate of drug-likeness (QED) is 0.609. The van der Waals surface area contributed by atoms with Crippen molar-refractivity contribution < 1.29 is 0 Å². The summed E-state index contributed by atoms with van der Waals surface area (Å²) in [6.07, 6.45) is 0. The summed E-state index contributed by atoms with van der Waals surface area (Å²) in [5.41, 5.74) is 8.24. The number of nitrogens with zero attached hydrogens (tertiary/aromatic N) is 1. The Balaban J connectivity index is 2.74. The molecule has 1 rings (SSSR count). The van der Waals surface area contributed by atoms with Gasteiger partial charge in [-0.05, 0) is 40.2 Å². The first kappa shape index (κ1) is 13.6. The number of aryl methyl sites for hydroxylation is 1. The van der Waals surface area contributed by atoms with Crippen LogP contribution >= 0.6 is 0 Å². The van der Waals surface area contributed by atoms with Gasteiger partial charge in [0.25, 0.3) is 0 Å². The van der Waals surface area contributed by atoms with Crippen molar-refractivity contribution in [3.63, 3.8) is 0 Å². The first-order valence-electron chi connectivity index (χ1n) is 5.96. The van der Waals surface area contributed by atoms with E-state index in [1.54, 1.807) is 0 Å². The lowest BCUT2D eigenvalue weighted by Gasteiger charge is -2.22. The van der Waals surface area contributed by atoms with Crippen LogP contribution < -0.4 is 11.1 Å². The lowest BCUT2D eigenvalue weighted by molar-refractivity contribution is 0.507. The van der Waals surface area contributed by atoms with Gasteiger partial charge < -0.3 is 11.1 Å². The van der Waals surface area contributed by atoms with E-state index < -0.39 is 0 Å². The topological polar surface area (TPSA) is 50.4 Å². The highest BCUT2D eigenvalue weighted by Gasteiger charge is 2.11. The van der Waals surface area contributed by atoms with Crippen molar-refractivity contribution in [2.45, 2.75) is 46.2 Å². The molecule has 1 aromatic rings. The van der Waals surface area contributed by atoms with Crippen molar-refractivity contribution >= 4 is 5.96 Å². The molecule has 0 bridgehead atoms. The summed E-state index contributed by atoms with van der Waals surface area (Å²) in [5, 5.41) is 3.16. The van der Waals surface area contributed by atoms with Gasteiger partial charge in [0.15, 0.2) is 5.96 Å². The molecule has 0 aliphatic rings. The molecular formula is C14H23N3. The minimum atomic E-state index is -0.0550. The lowest BCUT2D eigenvalue weighted by Crippen LogP contribution is -2.45. The van der Waals surface area contributed by atoms with E-state index in [-0.39, 0.29) is 11.6 Å². The third-order valence-corrected chi connectivity index (χ3v) is 2.40. The predicted octanol–water partition coefficient (Wildman–Crippen LogP) is 2.76. The molecule has 1 atom stereocenters. The van der Waals surface area contributed by atoms with Crippen LogP contribution in [0.2, 0.25) is 0 Å². The summed E-state index contributed by atoms with van der Waals surface area (Å²) in [6, 6.07) is 8.44. The summed E-state index contributed by atoms with van der Waals surface area (Å²) in [4.78, 5) is 4.45. The number of nitrogens with two attached hydrogens (primary N) is 1. The fourth-order valence-electron chi connectivity index (χ4n) is 1.54. The van der Waals surface area contributed by atoms with Gasteiger partial charge in [0.1, 0.15) is 0 Å². The average Bonchev–Trinajstić information content (AvgIpc) is 2.15. The van der Waals surface area contributed by atoms with Crippen LogP contribution in [0.4, 0.5) is 0 Å². The molecule has 1 aromatic carbocycles. The SMILES string of the molecule is Cc1ccc(C(C)N=C(N)NC(C)(C)C)cc1. The van der Waals surface area contributed by atoms with Crippen molar-refractivity contribution in [3.8, 4) is 0 Å². The van der Waals surface area contributed by atoms with Crippen molar-refractivity contribution in [2.24, 2.45) is 10.7 Å². The fourth-order valence-corrected chi connectivity index (χ4v) is 1.54. The van der Waals surface area contributed by atoms with E-state index in [9.17, 15) is 0 Å². The van der Waals surface area contributed by atoms with Gasteiger partial charge >= 0.3 is 0 Å². The van der Waals surface area contributed by atoms with E-state index in [1.807, 2.05) is 6.92 Å². The van der Waals surface area contributed by atoms with E-state index in [4.69, 9.17) is 5.73 Å². The highest BCUT2D eigenvalue weighted by Crippen LogP contribution is 2.16. The van der Waals surface area contributed by atoms with Crippen molar-refractivity contribution in [1.29, 1.82) is 0 Å². The molecule has 0 spiro atoms. The molecule has 94 valence electrons. The second kappa shape index (κ2) is 5.21. The lowest BCUT2D eigenvalue weighted by atomic mass is 10.1. The molecule has 0 radical (unpaired) electrons. The van der Waals surface area contributed by atoms with Gasteiger partial charge in [0.2, 0.25) is 0 Å². The molecule has 1 unspecified atom stereocenters. The normalized spacial score (nSPS) is 14.5. The molecule has 0 saturated carbocycles. The first-order valence-corrected chi connectivity index (χ1v) is 5.96. The van der Waals surface area contributed by atoms with Gasteiger partial charge in [-0.15, -0.1) is 0 Å². The summed E-state index contributed by atoms with van der Waals surface area (Å²) < 4.78 is 0. The Hall–Kier alpha value is -1.51. The number of nitrogens with one attached hydrogen (secondary N) is 1. The van der Waals surface area contributed by atoms with Crippen molar-refractivity contribution in [3.05, 3.63) is 35.4 Å². The molecule has 0 aliphatic heterocycles. The van der Waals surface area contributed by atoms with Crippen LogP contribution in [-0.4, -0.2) is 11.5 Å². The van der Waals surface area contributed by atoms with Crippen LogP contribution in [-0.2, 0) is 0 Å². The zero-order chi connectivity index (χ0) is 13.1. The van der Waals surface area contributed by atoms with Crippen LogP contribution in [0.5, 0.6) is 0 Å². The number of aliphatic imine (C=N–C) groups is 1. The molecule has 0 saturated heterocycles. The zero-order valence-corrected chi connectivity index (χ0v) is 11.4. The summed E-state index contributed by atoms with van der Waals surface area (Å²) in [7, 11) is 0. The van der Waals surface area contributed by atoms with Crippen LogP contribution in [0.15, 0.2) is 29.3 Å². The molecule has 0 fully saturated rings. The van der Waals surface area contributed by atoms with Crippen LogP contribution in [0.1, 0.15) is 44.9 Å². The molecule has 0 heterocycles. The smallest absolute Gasteiger partial charge is 0.189 e. The van der Waals surface area contributed by atoms with E-state index in [0.29, 0.717) is 5.96 Å². The Labute approximate surface area is 104 Å². The first-order chi connectivity index (χ1) is 7.78. The maximum Gasteiger partial charge on any atom is 0.189 e. The fraction of sp³-hybridized carbons (Fsp3) is 0.500. The molecular weight excluding hydrogens is 210 g/mol. The second-order valence-corrected chi connectivity index (χ2v) is 5.48. The molecule has 17 heavy (non-hydrogen) atoms. The molecule has 3 heteroatoms. The number of hydrogen-bond acceptors (Lipinski definition) is 1. The van der Waals surface area contributed by atoms with Crippen LogP contribution in [0, 0.1) is 6.92 Å². The van der Waals surface area contributed by atoms with E-state index in [1.165, 1.54) is 11.1 Å². The van der Waals surface area contributed by atoms with E-state index in [0.717, 1.165) is 0 Å². The summed E-state index contributed by atoms with van der Waals surface area (Å²) in [6.45, 7) is 10.3. The van der Waals surface area contributed by atoms with Gasteiger partial charge in [0, 0.05) is 5.54 Å². The minimum absolute atomic E-state index is 0.0550. The average molecular weight is 233 g/mol. The monoisotopic (exact) mass is 233 g/mol. The third kappa shape index (κ3) is 4.89. The highest BCUT2D eigenvalue weighted by molar-refractivity contribution is 5.78. The molecule has 3 N–H and O–H groups in total. The van der Waals surface area contributed by atoms with Crippen molar-refractivity contribution in [2.75, 3.05) is 0 Å². The van der Waals surface area contributed by atoms with Gasteiger partial charge in [-0.2, -0.15) is 0 Å². The van der Waals surface area contributed by atoms with Crippen LogP contribution in [0.3, 0.4) is 0 Å². The minimum Gasteiger partial charge on any atom is -0.370 e. The second-order valence-electron chi connectivity index (χ2n) is 5.48. The maximum absolute atomic E-state index is 5.87. The number of hydrogen-bond donors (Lipinski definition) is 2. The number of rotatable bonds is 2. The van der Waals surface area contributed by atoms with E-state index >= 15 is 0 Å². The molecule has 0 aromatic heterocycles. The van der Waals surface area contributed by atoms with Gasteiger partial charge in [-0.3, -0.25) is 0 Å². The number of guanidine groups is 1. The Bertz CT molecular complexity index is 385. The maximum atomic E-state index is 5.87. The third-order valence-electron chi connectivity index (χ3n) is 2.40. The van der Waals surface area contributed by atoms with Gasteiger partial charge in [-0.1, -0.05) is 29.8 Å². The Morgan fingerprint density at radius 3 is 2.24 bits per heavy atom. The molecule has 3 nitrogen and oxygen atoms in total. The Morgan fingerprint density at radius 1 is 1.24 bits per heavy atom. The number of benzene rings is 1. The van der Waals surface area contributed by atoms with E-state index in [2.05, 4.69) is 62.3 Å². The van der Waals surface area contributed by atoms with Crippen LogP contribution in [0.25, 0.3) is 0 Å². The van der Waals surface area contributed by atoms with Gasteiger partial charge in [0.05, 0.1) is 6.04 Å². The highest BCUT2D eigenvalue weighted by atomic mass is 15.1. The zero-order valence-electron chi connectivity index (χ0n) is 11.4. The Morgan fingerprint density at radius 2 is 1.76 bits per heavy atom. The largest absolute Gasteiger partial charge is 0.370 e. The van der Waals surface area contributed by atoms with Crippen molar-refractivity contribution in [1.82, 2.24) is 5.32 Å². The standard InChI is InChI=1S/C14H23N3/c1-10-6-8-12(9-7-10)11(2)16-13(15)17-14(3,4)5/h6-9,11H,1-5H3,(H3,15,16,17). The molecule has 0 amide bonds. The van der Waals surface area contributed by atoms with Gasteiger partial charge in [-0.25, -0.2) is 4.99 Å². The summed E-state index contributed by atoms with van der Waals surface area (Å²) in [5.74, 6) is 0.491. The summed E-state index contributed by atoms with van der Waals surface area (Å²) >= 11 is 0. The predicted molar refractivity (Wildman–Crippen MR) is 74.1 cm³/mol. The Kier molecular flexibility index (Phi) is 4.16.